The minimum Gasteiger partial charge on any atom is -0.465 e. The molecule has 1 amide bonds. The second kappa shape index (κ2) is 7.70. The monoisotopic (exact) mass is 295 g/mol. The molecule has 0 fully saturated rings. The normalized spacial score (nSPS) is 10.6. The second-order valence-electron chi connectivity index (χ2n) is 4.34. The van der Waals surface area contributed by atoms with Crippen LogP contribution in [0.15, 0.2) is 24.3 Å². The highest BCUT2D eigenvalue weighted by Gasteiger charge is 2.10. The van der Waals surface area contributed by atoms with Gasteiger partial charge in [-0.3, -0.25) is 9.59 Å². The van der Waals surface area contributed by atoms with Crippen molar-refractivity contribution in [3.8, 4) is 0 Å². The van der Waals surface area contributed by atoms with E-state index in [2.05, 4.69) is 0 Å². The number of benzene rings is 1. The maximum Gasteiger partial charge on any atom is 0.325 e. The Morgan fingerprint density at radius 1 is 1.40 bits per heavy atom. The summed E-state index contributed by atoms with van der Waals surface area (Å²) in [6.07, 6.45) is 3.07. The van der Waals surface area contributed by atoms with E-state index in [1.807, 2.05) is 19.1 Å². The van der Waals surface area contributed by atoms with Gasteiger partial charge in [0.25, 0.3) is 0 Å². The molecule has 108 valence electrons. The van der Waals surface area contributed by atoms with Gasteiger partial charge in [-0.25, -0.2) is 0 Å². The molecule has 4 nitrogen and oxygen atoms in total. The number of hydrogen-bond donors (Lipinski definition) is 0. The van der Waals surface area contributed by atoms with Gasteiger partial charge in [0.05, 0.1) is 6.61 Å². The largest absolute Gasteiger partial charge is 0.465 e. The fourth-order valence-electron chi connectivity index (χ4n) is 1.49. The highest BCUT2D eigenvalue weighted by Crippen LogP contribution is 2.17. The van der Waals surface area contributed by atoms with Crippen LogP contribution in [0, 0.1) is 6.92 Å². The molecule has 0 aliphatic carbocycles. The minimum absolute atomic E-state index is 0.0638. The molecule has 0 bridgehead atoms. The zero-order valence-corrected chi connectivity index (χ0v) is 12.6. The van der Waals surface area contributed by atoms with Gasteiger partial charge < -0.3 is 9.64 Å². The zero-order valence-electron chi connectivity index (χ0n) is 11.9. The lowest BCUT2D eigenvalue weighted by atomic mass is 10.1. The number of likely N-dealkylation sites (N-methyl/N-ethyl adjacent to an activating group) is 1. The van der Waals surface area contributed by atoms with Crippen LogP contribution >= 0.6 is 11.6 Å². The summed E-state index contributed by atoms with van der Waals surface area (Å²) < 4.78 is 4.78. The highest BCUT2D eigenvalue weighted by atomic mass is 35.5. The Morgan fingerprint density at radius 2 is 2.10 bits per heavy atom. The van der Waals surface area contributed by atoms with Crippen LogP contribution in [0.1, 0.15) is 18.1 Å². The van der Waals surface area contributed by atoms with E-state index in [4.69, 9.17) is 16.3 Å². The van der Waals surface area contributed by atoms with Crippen LogP contribution in [-0.2, 0) is 14.3 Å². The number of aryl methyl sites for hydroxylation is 1. The van der Waals surface area contributed by atoms with Crippen LogP contribution in [0.25, 0.3) is 6.08 Å². The zero-order chi connectivity index (χ0) is 15.1. The minimum atomic E-state index is -0.421. The Hall–Kier alpha value is -1.81. The summed E-state index contributed by atoms with van der Waals surface area (Å²) in [6.45, 7) is 3.87. The van der Waals surface area contributed by atoms with Crippen molar-refractivity contribution in [2.24, 2.45) is 0 Å². The van der Waals surface area contributed by atoms with E-state index in [9.17, 15) is 9.59 Å². The van der Waals surface area contributed by atoms with Crippen molar-refractivity contribution in [2.75, 3.05) is 20.2 Å². The van der Waals surface area contributed by atoms with E-state index in [1.165, 1.54) is 11.0 Å². The third-order valence-corrected chi connectivity index (χ3v) is 3.07. The molecule has 5 heteroatoms. The lowest BCUT2D eigenvalue weighted by Crippen LogP contribution is -2.31. The molecule has 1 rings (SSSR count). The van der Waals surface area contributed by atoms with Crippen LogP contribution in [0.3, 0.4) is 0 Å². The Labute approximate surface area is 124 Å². The van der Waals surface area contributed by atoms with Gasteiger partial charge in [-0.1, -0.05) is 23.7 Å². The van der Waals surface area contributed by atoms with E-state index in [-0.39, 0.29) is 12.5 Å². The molecule has 0 radical (unpaired) electrons. The Morgan fingerprint density at radius 3 is 2.70 bits per heavy atom. The van der Waals surface area contributed by atoms with E-state index >= 15 is 0 Å². The number of esters is 1. The first kappa shape index (κ1) is 16.2. The van der Waals surface area contributed by atoms with Crippen molar-refractivity contribution >= 4 is 29.6 Å². The lowest BCUT2D eigenvalue weighted by molar-refractivity contribution is -0.146. The summed E-state index contributed by atoms with van der Waals surface area (Å²) in [5.74, 6) is -0.690. The van der Waals surface area contributed by atoms with E-state index < -0.39 is 5.97 Å². The molecule has 0 atom stereocenters. The molecule has 0 aliphatic heterocycles. The average molecular weight is 296 g/mol. The maximum atomic E-state index is 11.8. The van der Waals surface area contributed by atoms with Gasteiger partial charge in [-0.15, -0.1) is 0 Å². The summed E-state index contributed by atoms with van der Waals surface area (Å²) >= 11 is 6.00. The summed E-state index contributed by atoms with van der Waals surface area (Å²) in [4.78, 5) is 24.4. The van der Waals surface area contributed by atoms with Crippen molar-refractivity contribution in [1.82, 2.24) is 4.90 Å². The number of nitrogens with zero attached hydrogens (tertiary/aromatic N) is 1. The molecule has 0 saturated carbocycles. The van der Waals surface area contributed by atoms with Gasteiger partial charge in [0.1, 0.15) is 6.54 Å². The van der Waals surface area contributed by atoms with Crippen LogP contribution < -0.4 is 0 Å². The van der Waals surface area contributed by atoms with E-state index in [1.54, 1.807) is 26.1 Å². The molecule has 0 aliphatic rings. The van der Waals surface area contributed by atoms with Crippen LogP contribution in [0.4, 0.5) is 0 Å². The van der Waals surface area contributed by atoms with Crippen molar-refractivity contribution in [1.29, 1.82) is 0 Å². The quantitative estimate of drug-likeness (QED) is 0.620. The fraction of sp³-hybridized carbons (Fsp3) is 0.333. The molecule has 0 aromatic heterocycles. The summed E-state index contributed by atoms with van der Waals surface area (Å²) in [7, 11) is 1.55. The Balaban J connectivity index is 2.62. The number of carbonyl (C=O) groups is 2. The van der Waals surface area contributed by atoms with Gasteiger partial charge >= 0.3 is 5.97 Å². The number of hydrogen-bond acceptors (Lipinski definition) is 3. The predicted molar refractivity (Wildman–Crippen MR) is 79.5 cm³/mol. The molecule has 1 aromatic carbocycles. The van der Waals surface area contributed by atoms with Gasteiger partial charge in [0, 0.05) is 18.1 Å². The second-order valence-corrected chi connectivity index (χ2v) is 4.75. The maximum absolute atomic E-state index is 11.8. The molecule has 0 spiro atoms. The van der Waals surface area contributed by atoms with Crippen molar-refractivity contribution in [2.45, 2.75) is 13.8 Å². The number of halogens is 1. The lowest BCUT2D eigenvalue weighted by Gasteiger charge is -2.13. The molecule has 20 heavy (non-hydrogen) atoms. The first-order chi connectivity index (χ1) is 9.43. The molecule has 0 saturated heterocycles. The van der Waals surface area contributed by atoms with Gasteiger partial charge in [-0.05, 0) is 37.1 Å². The third-order valence-electron chi connectivity index (χ3n) is 2.66. The van der Waals surface area contributed by atoms with Crippen LogP contribution in [0.2, 0.25) is 5.02 Å². The Bertz CT molecular complexity index is 526. The topological polar surface area (TPSA) is 46.6 Å². The van der Waals surface area contributed by atoms with Crippen molar-refractivity contribution in [3.63, 3.8) is 0 Å². The number of carbonyl (C=O) groups excluding carboxylic acids is 2. The predicted octanol–water partition coefficient (Wildman–Crippen LogP) is 2.68. The highest BCUT2D eigenvalue weighted by molar-refractivity contribution is 6.31. The molecular weight excluding hydrogens is 278 g/mol. The van der Waals surface area contributed by atoms with Gasteiger partial charge in [0.15, 0.2) is 0 Å². The fourth-order valence-corrected chi connectivity index (χ4v) is 1.67. The number of amides is 1. The first-order valence-corrected chi connectivity index (χ1v) is 6.66. The van der Waals surface area contributed by atoms with E-state index in [0.717, 1.165) is 11.1 Å². The summed E-state index contributed by atoms with van der Waals surface area (Å²) in [5.41, 5.74) is 1.81. The molecular formula is C15H18ClNO3. The first-order valence-electron chi connectivity index (χ1n) is 6.29. The number of ether oxygens (including phenoxy) is 1. The summed E-state index contributed by atoms with van der Waals surface area (Å²) in [6, 6.07) is 5.54. The van der Waals surface area contributed by atoms with Gasteiger partial charge in [0.2, 0.25) is 5.91 Å². The average Bonchev–Trinajstić information content (AvgIpc) is 2.39. The third kappa shape index (κ3) is 5.05. The summed E-state index contributed by atoms with van der Waals surface area (Å²) in [5, 5.41) is 0.652. The smallest absolute Gasteiger partial charge is 0.325 e. The Kier molecular flexibility index (Phi) is 6.25. The van der Waals surface area contributed by atoms with Crippen molar-refractivity contribution in [3.05, 3.63) is 40.4 Å². The molecule has 1 aromatic rings. The number of rotatable bonds is 5. The SMILES string of the molecule is CCOC(=O)CN(C)C(=O)C=Cc1ccc(C)c(Cl)c1. The molecule has 0 N–H and O–H groups in total. The van der Waals surface area contributed by atoms with Gasteiger partial charge in [-0.2, -0.15) is 0 Å². The van der Waals surface area contributed by atoms with Crippen LogP contribution in [-0.4, -0.2) is 37.0 Å². The van der Waals surface area contributed by atoms with Crippen molar-refractivity contribution < 1.29 is 14.3 Å². The molecule has 0 unspecified atom stereocenters. The molecule has 0 heterocycles. The van der Waals surface area contributed by atoms with Crippen LogP contribution in [0.5, 0.6) is 0 Å². The standard InChI is InChI=1S/C15H18ClNO3/c1-4-20-15(19)10-17(3)14(18)8-7-12-6-5-11(2)13(16)9-12/h5-9H,4,10H2,1-3H3. The van der Waals surface area contributed by atoms with E-state index in [0.29, 0.717) is 11.6 Å².